The minimum absolute atomic E-state index is 0.0154. The number of piperazine rings is 1. The van der Waals surface area contributed by atoms with Gasteiger partial charge in [-0.05, 0) is 73.8 Å². The third kappa shape index (κ3) is 7.92. The van der Waals surface area contributed by atoms with E-state index in [1.807, 2.05) is 0 Å². The number of carbonyl (C=O) groups is 2. The summed E-state index contributed by atoms with van der Waals surface area (Å²) >= 11 is 5.84. The lowest BCUT2D eigenvalue weighted by molar-refractivity contribution is -0.137. The molecular formula is C30H36ClF4N5O5S. The second-order valence-electron chi connectivity index (χ2n) is 12.3. The van der Waals surface area contributed by atoms with E-state index in [9.17, 15) is 40.7 Å². The van der Waals surface area contributed by atoms with Gasteiger partial charge in [0, 0.05) is 49.5 Å². The number of halogens is 5. The molecule has 16 heteroatoms. The molecule has 2 aromatic rings. The first-order chi connectivity index (χ1) is 21.7. The van der Waals surface area contributed by atoms with Gasteiger partial charge in [0.25, 0.3) is 0 Å². The van der Waals surface area contributed by atoms with Gasteiger partial charge in [-0.1, -0.05) is 24.1 Å². The molecule has 2 saturated heterocycles. The molecule has 5 rings (SSSR count). The van der Waals surface area contributed by atoms with Crippen molar-refractivity contribution in [3.05, 3.63) is 64.2 Å². The Bertz CT molecular complexity index is 1550. The van der Waals surface area contributed by atoms with Gasteiger partial charge in [0.2, 0.25) is 15.9 Å². The first-order valence-electron chi connectivity index (χ1n) is 15.2. The lowest BCUT2D eigenvalue weighted by Gasteiger charge is -2.38. The molecule has 1 aromatic heterocycles. The molecular weight excluding hydrogens is 654 g/mol. The van der Waals surface area contributed by atoms with Crippen LogP contribution >= 0.6 is 11.6 Å². The molecule has 252 valence electrons. The maximum Gasteiger partial charge on any atom is 0.417 e. The van der Waals surface area contributed by atoms with Crippen LogP contribution in [-0.2, 0) is 21.0 Å². The highest BCUT2D eigenvalue weighted by molar-refractivity contribution is 7.89. The van der Waals surface area contributed by atoms with Gasteiger partial charge in [-0.2, -0.15) is 17.5 Å². The van der Waals surface area contributed by atoms with E-state index < -0.39 is 57.6 Å². The smallest absolute Gasteiger partial charge is 0.417 e. The summed E-state index contributed by atoms with van der Waals surface area (Å²) in [5.74, 6) is -3.02. The van der Waals surface area contributed by atoms with Crippen LogP contribution in [0.25, 0.3) is 0 Å². The predicted octanol–water partition coefficient (Wildman–Crippen LogP) is 4.49. The number of hydrogen-bond acceptors (Lipinski definition) is 6. The zero-order valence-electron chi connectivity index (χ0n) is 24.8. The van der Waals surface area contributed by atoms with E-state index in [-0.39, 0.29) is 39.9 Å². The average Bonchev–Trinajstić information content (AvgIpc) is 3.39. The normalized spacial score (nSPS) is 27.3. The molecule has 1 aliphatic carbocycles. The molecule has 2 bridgehead atoms. The third-order valence-corrected chi connectivity index (χ3v) is 11.5. The molecule has 3 fully saturated rings. The van der Waals surface area contributed by atoms with Crippen LogP contribution < -0.4 is 16.0 Å². The van der Waals surface area contributed by atoms with Crippen molar-refractivity contribution in [2.75, 3.05) is 18.8 Å². The number of sulfonamides is 1. The van der Waals surface area contributed by atoms with Gasteiger partial charge in [-0.15, -0.1) is 0 Å². The predicted molar refractivity (Wildman–Crippen MR) is 161 cm³/mol. The van der Waals surface area contributed by atoms with Crippen molar-refractivity contribution in [3.63, 3.8) is 0 Å². The van der Waals surface area contributed by atoms with Crippen molar-refractivity contribution in [3.8, 4) is 0 Å². The number of carboxylic acid groups (broad SMARTS) is 1. The van der Waals surface area contributed by atoms with Crippen LogP contribution in [-0.4, -0.2) is 77.8 Å². The Balaban J connectivity index is 1.38. The zero-order chi connectivity index (χ0) is 33.2. The Morgan fingerprint density at radius 2 is 1.89 bits per heavy atom. The quantitative estimate of drug-likeness (QED) is 0.285. The van der Waals surface area contributed by atoms with Crippen molar-refractivity contribution >= 4 is 33.6 Å². The number of alkyl halides is 3. The van der Waals surface area contributed by atoms with Crippen LogP contribution in [0.4, 0.5) is 22.4 Å². The van der Waals surface area contributed by atoms with E-state index >= 15 is 0 Å². The molecule has 1 saturated carbocycles. The Hall–Kier alpha value is -3.01. The minimum Gasteiger partial charge on any atom is -0.465 e. The van der Waals surface area contributed by atoms with Gasteiger partial charge in [0.1, 0.15) is 11.9 Å². The molecule has 1 aromatic carbocycles. The Morgan fingerprint density at radius 1 is 1.11 bits per heavy atom. The van der Waals surface area contributed by atoms with Crippen LogP contribution in [0.1, 0.15) is 67.6 Å². The van der Waals surface area contributed by atoms with Crippen LogP contribution in [0.5, 0.6) is 0 Å². The number of aromatic nitrogens is 1. The molecule has 46 heavy (non-hydrogen) atoms. The number of benzene rings is 1. The number of nitrogens with one attached hydrogen (secondary N) is 3. The number of hydrogen-bond donors (Lipinski definition) is 4. The van der Waals surface area contributed by atoms with Crippen molar-refractivity contribution in [1.29, 1.82) is 0 Å². The van der Waals surface area contributed by atoms with Crippen LogP contribution in [0.3, 0.4) is 0 Å². The summed E-state index contributed by atoms with van der Waals surface area (Å²) in [6.07, 6.45) is -0.0446. The number of fused-ring (bicyclic) bond motifs is 2. The fraction of sp³-hybridized carbons (Fsp3) is 0.567. The summed E-state index contributed by atoms with van der Waals surface area (Å²) < 4.78 is 82.9. The number of pyridine rings is 1. The van der Waals surface area contributed by atoms with Gasteiger partial charge in [0.05, 0.1) is 16.3 Å². The maximum absolute atomic E-state index is 14.6. The average molecular weight is 690 g/mol. The summed E-state index contributed by atoms with van der Waals surface area (Å²) in [5, 5.41) is 17.9. The lowest BCUT2D eigenvalue weighted by Crippen LogP contribution is -2.57. The topological polar surface area (TPSA) is 141 Å². The van der Waals surface area contributed by atoms with E-state index in [4.69, 9.17) is 11.6 Å². The van der Waals surface area contributed by atoms with Crippen LogP contribution in [0, 0.1) is 11.7 Å². The standard InChI is InChI=1S/C30H36ClF4N5O5S/c31-23-9-7-18(12-24(23)32)26(19-11-20(14-36-13-19)30(33,34)35)27(39-29(42)43)28(41)38-25-5-1-3-17(25)6-8-22-15-37-21-4-2-10-46(44,45)40(22)16-21/h7,9,11-14,17,21-22,25-27,37,39H,1-6,8,10,15-16H2,(H,38,41)(H,42,43)/t17-,21-,22+,25+,26?,27?/m1/s1. The first kappa shape index (κ1) is 34.3. The van der Waals surface area contributed by atoms with E-state index in [0.29, 0.717) is 45.0 Å². The summed E-state index contributed by atoms with van der Waals surface area (Å²) in [7, 11) is -3.37. The molecule has 3 unspecified atom stereocenters. The van der Waals surface area contributed by atoms with Crippen molar-refractivity contribution in [2.45, 2.75) is 81.2 Å². The first-order valence-corrected chi connectivity index (χ1v) is 17.2. The zero-order valence-corrected chi connectivity index (χ0v) is 26.3. The minimum atomic E-state index is -4.78. The lowest BCUT2D eigenvalue weighted by atomic mass is 9.84. The molecule has 2 aliphatic heterocycles. The summed E-state index contributed by atoms with van der Waals surface area (Å²) in [6.45, 7) is 0.958. The third-order valence-electron chi connectivity index (χ3n) is 9.26. The Labute approximate surface area is 269 Å². The monoisotopic (exact) mass is 689 g/mol. The molecule has 2 amide bonds. The molecule has 4 N–H and O–H groups in total. The highest BCUT2D eigenvalue weighted by Crippen LogP contribution is 2.36. The highest BCUT2D eigenvalue weighted by Gasteiger charge is 2.41. The van der Waals surface area contributed by atoms with Gasteiger partial charge in [-0.25, -0.2) is 17.6 Å². The second-order valence-corrected chi connectivity index (χ2v) is 14.7. The van der Waals surface area contributed by atoms with Gasteiger partial charge in [-0.3, -0.25) is 9.78 Å². The molecule has 0 spiro atoms. The molecule has 0 radical (unpaired) electrons. The van der Waals surface area contributed by atoms with Gasteiger partial charge < -0.3 is 21.1 Å². The summed E-state index contributed by atoms with van der Waals surface area (Å²) in [5.41, 5.74) is -1.26. The second kappa shape index (κ2) is 14.0. The van der Waals surface area contributed by atoms with E-state index in [0.717, 1.165) is 37.6 Å². The molecule has 10 nitrogen and oxygen atoms in total. The van der Waals surface area contributed by atoms with Crippen LogP contribution in [0.2, 0.25) is 5.02 Å². The highest BCUT2D eigenvalue weighted by atomic mass is 35.5. The number of carbonyl (C=O) groups excluding carboxylic acids is 1. The maximum atomic E-state index is 14.6. The largest absolute Gasteiger partial charge is 0.465 e. The summed E-state index contributed by atoms with van der Waals surface area (Å²) in [4.78, 5) is 29.5. The van der Waals surface area contributed by atoms with Crippen LogP contribution in [0.15, 0.2) is 36.7 Å². The molecule has 3 aliphatic rings. The van der Waals surface area contributed by atoms with Crippen molar-refractivity contribution in [1.82, 2.24) is 25.2 Å². The Morgan fingerprint density at radius 3 is 2.61 bits per heavy atom. The fourth-order valence-electron chi connectivity index (χ4n) is 7.00. The van der Waals surface area contributed by atoms with E-state index in [1.165, 1.54) is 12.1 Å². The van der Waals surface area contributed by atoms with Crippen molar-refractivity contribution < 1.29 is 40.7 Å². The number of amides is 2. The summed E-state index contributed by atoms with van der Waals surface area (Å²) in [6, 6.07) is 2.05. The molecule has 3 heterocycles. The number of nitrogens with zero attached hydrogens (tertiary/aromatic N) is 2. The SMILES string of the molecule is O=C(O)NC(C(=O)N[C@H]1CCC[C@@H]1CC[C@H]1CN[C@@H]2CCCS(=O)(=O)N1C2)C(c1cncc(C(F)(F)F)c1)c1ccc(Cl)c(F)c1. The molecule has 7 atom stereocenters. The van der Waals surface area contributed by atoms with Gasteiger partial charge >= 0.3 is 12.3 Å². The van der Waals surface area contributed by atoms with E-state index in [1.54, 1.807) is 4.31 Å². The van der Waals surface area contributed by atoms with Crippen molar-refractivity contribution in [2.24, 2.45) is 5.92 Å². The van der Waals surface area contributed by atoms with Gasteiger partial charge in [0.15, 0.2) is 0 Å². The number of rotatable bonds is 9. The van der Waals surface area contributed by atoms with E-state index in [2.05, 4.69) is 20.9 Å². The fourth-order valence-corrected chi connectivity index (χ4v) is 8.92. The Kier molecular flexibility index (Phi) is 10.4.